The third kappa shape index (κ3) is 6.34. The number of ether oxygens (including phenoxy) is 1. The van der Waals surface area contributed by atoms with Gasteiger partial charge in [-0.05, 0) is 59.7 Å². The maximum Gasteiger partial charge on any atom is 0.573 e. The molecule has 0 saturated carbocycles. The van der Waals surface area contributed by atoms with Gasteiger partial charge in [0.25, 0.3) is 0 Å². The maximum atomic E-state index is 14.7. The molecule has 14 heteroatoms. The van der Waals surface area contributed by atoms with E-state index in [0.717, 1.165) is 24.5 Å². The van der Waals surface area contributed by atoms with Gasteiger partial charge in [0.2, 0.25) is 0 Å². The van der Waals surface area contributed by atoms with E-state index in [1.807, 2.05) is 6.07 Å². The molecule has 0 atom stereocenters. The van der Waals surface area contributed by atoms with Crippen molar-refractivity contribution in [3.05, 3.63) is 89.8 Å². The fourth-order valence-corrected chi connectivity index (χ4v) is 5.50. The van der Waals surface area contributed by atoms with Crippen LogP contribution >= 0.6 is 0 Å². The van der Waals surface area contributed by atoms with Gasteiger partial charge >= 0.3 is 6.36 Å². The van der Waals surface area contributed by atoms with E-state index in [0.29, 0.717) is 11.3 Å². The normalized spacial score (nSPS) is 11.9. The van der Waals surface area contributed by atoms with Crippen LogP contribution < -0.4 is 4.74 Å². The number of nitriles is 1. The first-order valence-corrected chi connectivity index (χ1v) is 14.7. The second-order valence-electron chi connectivity index (χ2n) is 9.68. The summed E-state index contributed by atoms with van der Waals surface area (Å²) in [6, 6.07) is 15.3. The van der Waals surface area contributed by atoms with E-state index >= 15 is 0 Å². The van der Waals surface area contributed by atoms with Crippen molar-refractivity contribution in [3.63, 3.8) is 0 Å². The van der Waals surface area contributed by atoms with E-state index in [4.69, 9.17) is 9.68 Å². The Balaban J connectivity index is 1.80. The molecule has 226 valence electrons. The van der Waals surface area contributed by atoms with Gasteiger partial charge in [-0.2, -0.15) is 10.4 Å². The highest BCUT2D eigenvalue weighted by Crippen LogP contribution is 2.42. The van der Waals surface area contributed by atoms with Crippen LogP contribution in [0.25, 0.3) is 39.4 Å². The molecular weight excluding hydrogens is 604 g/mol. The van der Waals surface area contributed by atoms with E-state index in [1.165, 1.54) is 48.1 Å². The third-order valence-corrected chi connectivity index (χ3v) is 7.61. The molecule has 2 heterocycles. The number of hydrogen-bond acceptors (Lipinski definition) is 8. The van der Waals surface area contributed by atoms with E-state index in [9.17, 15) is 31.1 Å². The molecule has 9 nitrogen and oxygen atoms in total. The number of aromatic nitrogens is 3. The van der Waals surface area contributed by atoms with Crippen molar-refractivity contribution in [2.45, 2.75) is 31.2 Å². The molecule has 0 bridgehead atoms. The highest BCUT2D eigenvalue weighted by molar-refractivity contribution is 7.90. The van der Waals surface area contributed by atoms with Crippen LogP contribution in [0.2, 0.25) is 0 Å². The summed E-state index contributed by atoms with van der Waals surface area (Å²) in [5, 5.41) is 22.9. The highest BCUT2D eigenvalue weighted by atomic mass is 32.2. The van der Waals surface area contributed by atoms with Crippen LogP contribution in [0, 0.1) is 24.1 Å². The summed E-state index contributed by atoms with van der Waals surface area (Å²) in [5.74, 6) is -0.951. The maximum absolute atomic E-state index is 14.7. The monoisotopic (exact) mass is 626 g/mol. The topological polar surface area (TPSA) is 131 Å². The SMILES string of the molecule is Cc1nc(-c2ccc(OC(F)(F)F)cc2)c(-c2cc(-c3ccc(CO)c(F)c3)cc(S(C)(=O)=O)c2-n2ccc(CC#N)n2)o1. The number of halogens is 4. The fraction of sp³-hybridized carbons (Fsp3) is 0.167. The van der Waals surface area contributed by atoms with Crippen LogP contribution in [0.1, 0.15) is 17.1 Å². The molecule has 0 unspecified atom stereocenters. The lowest BCUT2D eigenvalue weighted by Gasteiger charge is -2.17. The first-order valence-electron chi connectivity index (χ1n) is 12.8. The van der Waals surface area contributed by atoms with Gasteiger partial charge in [0.1, 0.15) is 17.3 Å². The molecule has 5 rings (SSSR count). The summed E-state index contributed by atoms with van der Waals surface area (Å²) < 4.78 is 90.6. The van der Waals surface area contributed by atoms with Gasteiger partial charge in [-0.25, -0.2) is 22.5 Å². The van der Waals surface area contributed by atoms with Crippen LogP contribution in [-0.4, -0.2) is 40.9 Å². The number of sulfone groups is 1. The highest BCUT2D eigenvalue weighted by Gasteiger charge is 2.31. The molecule has 2 aromatic heterocycles. The van der Waals surface area contributed by atoms with Gasteiger partial charge < -0.3 is 14.3 Å². The predicted molar refractivity (Wildman–Crippen MR) is 150 cm³/mol. The van der Waals surface area contributed by atoms with Gasteiger partial charge in [0, 0.05) is 36.1 Å². The molecule has 0 aliphatic carbocycles. The minimum Gasteiger partial charge on any atom is -0.440 e. The summed E-state index contributed by atoms with van der Waals surface area (Å²) >= 11 is 0. The Morgan fingerprint density at radius 1 is 1.05 bits per heavy atom. The lowest BCUT2D eigenvalue weighted by atomic mass is 9.97. The minimum atomic E-state index is -4.89. The number of oxazole rings is 1. The van der Waals surface area contributed by atoms with Crippen molar-refractivity contribution in [1.29, 1.82) is 5.26 Å². The van der Waals surface area contributed by atoms with Gasteiger partial charge in [-0.15, -0.1) is 13.2 Å². The first kappa shape index (κ1) is 30.5. The Labute approximate surface area is 248 Å². The quantitative estimate of drug-likeness (QED) is 0.202. The van der Waals surface area contributed by atoms with E-state index in [-0.39, 0.29) is 56.6 Å². The Morgan fingerprint density at radius 3 is 2.36 bits per heavy atom. The van der Waals surface area contributed by atoms with Crippen molar-refractivity contribution in [2.75, 3.05) is 6.26 Å². The van der Waals surface area contributed by atoms with Crippen molar-refractivity contribution >= 4 is 9.84 Å². The molecule has 0 aliphatic heterocycles. The Bertz CT molecular complexity index is 2010. The largest absolute Gasteiger partial charge is 0.573 e. The zero-order valence-corrected chi connectivity index (χ0v) is 23.9. The molecule has 3 aromatic carbocycles. The third-order valence-electron chi connectivity index (χ3n) is 6.50. The second-order valence-corrected chi connectivity index (χ2v) is 11.7. The standard InChI is InChI=1S/C30H22F4N4O5S/c1-17-36-27(18-5-7-23(8-6-18)43-30(32,33)34)29(42-17)24-13-21(19-3-4-20(16-39)25(31)14-19)15-26(44(2,40)41)28(24)38-12-10-22(37-38)9-11-35/h3-8,10,12-15,39H,9,16H2,1-2H3. The van der Waals surface area contributed by atoms with Gasteiger partial charge in [0.15, 0.2) is 21.5 Å². The van der Waals surface area contributed by atoms with Crippen LogP contribution in [-0.2, 0) is 22.9 Å². The van der Waals surface area contributed by atoms with Crippen molar-refractivity contribution < 1.29 is 40.2 Å². The summed E-state index contributed by atoms with van der Waals surface area (Å²) in [6.07, 6.45) is -2.48. The fourth-order valence-electron chi connectivity index (χ4n) is 4.60. The number of benzene rings is 3. The first-order chi connectivity index (χ1) is 20.8. The number of hydrogen-bond donors (Lipinski definition) is 1. The Kier molecular flexibility index (Phi) is 8.02. The predicted octanol–water partition coefficient (Wildman–Crippen LogP) is 6.17. The zero-order chi connectivity index (χ0) is 31.8. The number of alkyl halides is 3. The van der Waals surface area contributed by atoms with E-state index < -0.39 is 34.4 Å². The molecule has 0 amide bonds. The number of aryl methyl sites for hydroxylation is 1. The van der Waals surface area contributed by atoms with E-state index in [2.05, 4.69) is 14.8 Å². The molecule has 0 spiro atoms. The van der Waals surface area contributed by atoms with Crippen molar-refractivity contribution in [2.24, 2.45) is 0 Å². The lowest BCUT2D eigenvalue weighted by molar-refractivity contribution is -0.274. The zero-order valence-electron chi connectivity index (χ0n) is 23.1. The summed E-state index contributed by atoms with van der Waals surface area (Å²) in [6.45, 7) is 1.000. The van der Waals surface area contributed by atoms with Crippen LogP contribution in [0.3, 0.4) is 0 Å². The number of rotatable bonds is 8. The molecule has 0 fully saturated rings. The summed E-state index contributed by atoms with van der Waals surface area (Å²) in [4.78, 5) is 4.21. The number of nitrogens with zero attached hydrogens (tertiary/aromatic N) is 4. The van der Waals surface area contributed by atoms with Crippen molar-refractivity contribution in [1.82, 2.24) is 14.8 Å². The van der Waals surface area contributed by atoms with Crippen molar-refractivity contribution in [3.8, 4) is 51.2 Å². The van der Waals surface area contributed by atoms with Crippen LogP contribution in [0.15, 0.2) is 76.2 Å². The number of aliphatic hydroxyl groups is 1. The molecule has 0 aliphatic rings. The average Bonchev–Trinajstić information content (AvgIpc) is 3.58. The van der Waals surface area contributed by atoms with Crippen LogP contribution in [0.5, 0.6) is 5.75 Å². The number of aliphatic hydroxyl groups excluding tert-OH is 1. The van der Waals surface area contributed by atoms with Gasteiger partial charge in [-0.1, -0.05) is 12.1 Å². The summed E-state index contributed by atoms with van der Waals surface area (Å²) in [7, 11) is -4.01. The molecule has 5 aromatic rings. The van der Waals surface area contributed by atoms with Crippen LogP contribution in [0.4, 0.5) is 17.6 Å². The van der Waals surface area contributed by atoms with Gasteiger partial charge in [-0.3, -0.25) is 0 Å². The average molecular weight is 627 g/mol. The molecule has 0 saturated heterocycles. The Hall–Kier alpha value is -5.00. The van der Waals surface area contributed by atoms with E-state index in [1.54, 1.807) is 12.1 Å². The molecular formula is C30H22F4N4O5S. The minimum absolute atomic E-state index is 0.0431. The second kappa shape index (κ2) is 11.6. The molecule has 1 N–H and O–H groups in total. The molecule has 0 radical (unpaired) electrons. The Morgan fingerprint density at radius 2 is 1.75 bits per heavy atom. The smallest absolute Gasteiger partial charge is 0.440 e. The molecule has 44 heavy (non-hydrogen) atoms. The lowest BCUT2D eigenvalue weighted by Crippen LogP contribution is -2.16. The summed E-state index contributed by atoms with van der Waals surface area (Å²) in [5.41, 5.74) is 1.66. The van der Waals surface area contributed by atoms with Gasteiger partial charge in [0.05, 0.1) is 35.4 Å².